The summed E-state index contributed by atoms with van der Waals surface area (Å²) in [4.78, 5) is 5.42. The highest BCUT2D eigenvalue weighted by atomic mass is 15.1. The molecule has 0 aliphatic carbocycles. The Morgan fingerprint density at radius 2 is 0.882 bits per heavy atom. The molecule has 3 heterocycles. The van der Waals surface area contributed by atoms with Gasteiger partial charge in [0, 0.05) is 61.3 Å². The third kappa shape index (κ3) is 3.87. The molecule has 0 radical (unpaired) electrons. The van der Waals surface area contributed by atoms with Gasteiger partial charge in [0.25, 0.3) is 0 Å². The number of para-hydroxylation sites is 2. The Hall–Kier alpha value is -6.65. The van der Waals surface area contributed by atoms with E-state index in [9.17, 15) is 0 Å². The molecule has 0 unspecified atom stereocenters. The fraction of sp³-hybridized carbons (Fsp3) is 0.0426. The van der Waals surface area contributed by atoms with Crippen molar-refractivity contribution in [3.63, 3.8) is 0 Å². The second-order valence-electron chi connectivity index (χ2n) is 13.4. The van der Waals surface area contributed by atoms with Crippen molar-refractivity contribution in [2.75, 3.05) is 0 Å². The van der Waals surface area contributed by atoms with Crippen molar-refractivity contribution in [1.29, 1.82) is 0 Å². The number of fused-ring (bicyclic) bond motifs is 13. The van der Waals surface area contributed by atoms with Crippen molar-refractivity contribution in [2.45, 2.75) is 13.5 Å². The van der Waals surface area contributed by atoms with Gasteiger partial charge in [-0.1, -0.05) is 127 Å². The summed E-state index contributed by atoms with van der Waals surface area (Å²) >= 11 is 0. The summed E-state index contributed by atoms with van der Waals surface area (Å²) in [5, 5.41) is 9.94. The maximum absolute atomic E-state index is 5.42. The third-order valence-corrected chi connectivity index (χ3v) is 10.8. The van der Waals surface area contributed by atoms with E-state index in [-0.39, 0.29) is 0 Å². The highest BCUT2D eigenvalue weighted by Crippen LogP contribution is 2.42. The molecule has 0 fully saturated rings. The van der Waals surface area contributed by atoms with Crippen LogP contribution in [0.3, 0.4) is 0 Å². The van der Waals surface area contributed by atoms with Crippen LogP contribution < -0.4 is 0 Å². The van der Waals surface area contributed by atoms with E-state index >= 15 is 0 Å². The van der Waals surface area contributed by atoms with Crippen molar-refractivity contribution in [1.82, 2.24) is 18.7 Å². The molecule has 11 aromatic rings. The van der Waals surface area contributed by atoms with Crippen LogP contribution in [0.1, 0.15) is 6.92 Å². The van der Waals surface area contributed by atoms with Crippen LogP contribution in [0, 0.1) is 0 Å². The first-order valence-corrected chi connectivity index (χ1v) is 17.7. The monoisotopic (exact) mass is 652 g/mol. The molecule has 0 aliphatic rings. The molecule has 0 atom stereocenters. The van der Waals surface area contributed by atoms with Gasteiger partial charge in [0.2, 0.25) is 0 Å². The third-order valence-electron chi connectivity index (χ3n) is 10.8. The summed E-state index contributed by atoms with van der Waals surface area (Å²) in [6.07, 6.45) is 0. The smallest absolute Gasteiger partial charge is 0.145 e. The lowest BCUT2D eigenvalue weighted by Crippen LogP contribution is -2.01. The van der Waals surface area contributed by atoms with E-state index in [1.165, 1.54) is 65.2 Å². The summed E-state index contributed by atoms with van der Waals surface area (Å²) in [6, 6.07) is 59.3. The zero-order chi connectivity index (χ0) is 33.6. The Labute approximate surface area is 294 Å². The van der Waals surface area contributed by atoms with Crippen LogP contribution in [0.15, 0.2) is 164 Å². The topological polar surface area (TPSA) is 27.7 Å². The maximum Gasteiger partial charge on any atom is 0.145 e. The van der Waals surface area contributed by atoms with Crippen LogP contribution >= 0.6 is 0 Å². The number of hydrogen-bond donors (Lipinski definition) is 0. The predicted molar refractivity (Wildman–Crippen MR) is 215 cm³/mol. The van der Waals surface area contributed by atoms with E-state index in [1.54, 1.807) is 0 Å². The van der Waals surface area contributed by atoms with Gasteiger partial charge in [0.05, 0.1) is 27.6 Å². The Morgan fingerprint density at radius 1 is 0.392 bits per heavy atom. The van der Waals surface area contributed by atoms with Crippen molar-refractivity contribution in [3.05, 3.63) is 164 Å². The van der Waals surface area contributed by atoms with Crippen molar-refractivity contribution < 1.29 is 0 Å². The molecule has 0 saturated heterocycles. The molecule has 51 heavy (non-hydrogen) atoms. The first kappa shape index (κ1) is 28.2. The van der Waals surface area contributed by atoms with Gasteiger partial charge in [0.1, 0.15) is 5.82 Å². The van der Waals surface area contributed by atoms with Gasteiger partial charge in [-0.25, -0.2) is 4.98 Å². The van der Waals surface area contributed by atoms with Crippen LogP contribution in [-0.2, 0) is 6.54 Å². The first-order valence-electron chi connectivity index (χ1n) is 17.7. The highest BCUT2D eigenvalue weighted by molar-refractivity contribution is 6.25. The number of imidazole rings is 1. The molecule has 0 bridgehead atoms. The van der Waals surface area contributed by atoms with Gasteiger partial charge in [0.15, 0.2) is 0 Å². The van der Waals surface area contributed by atoms with Gasteiger partial charge in [-0.2, -0.15) is 0 Å². The molecule has 4 heteroatoms. The number of benzene rings is 8. The minimum atomic E-state index is 0.891. The van der Waals surface area contributed by atoms with Gasteiger partial charge in [-0.15, -0.1) is 0 Å². The molecule has 3 aromatic heterocycles. The minimum Gasteiger partial charge on any atom is -0.339 e. The molecular weight excluding hydrogens is 621 g/mol. The minimum absolute atomic E-state index is 0.891. The lowest BCUT2D eigenvalue weighted by atomic mass is 10.00. The Bertz CT molecular complexity index is 3160. The molecule has 0 amide bonds. The largest absolute Gasteiger partial charge is 0.339 e. The van der Waals surface area contributed by atoms with E-state index in [2.05, 4.69) is 184 Å². The number of nitrogens with zero attached hydrogens (tertiary/aromatic N) is 4. The van der Waals surface area contributed by atoms with Crippen molar-refractivity contribution in [2.24, 2.45) is 0 Å². The second kappa shape index (κ2) is 10.7. The van der Waals surface area contributed by atoms with E-state index in [0.717, 1.165) is 40.3 Å². The van der Waals surface area contributed by atoms with Crippen LogP contribution in [0.5, 0.6) is 0 Å². The predicted octanol–water partition coefficient (Wildman–Crippen LogP) is 12.2. The fourth-order valence-electron chi connectivity index (χ4n) is 8.67. The van der Waals surface area contributed by atoms with E-state index in [1.807, 2.05) is 0 Å². The van der Waals surface area contributed by atoms with Crippen LogP contribution in [-0.4, -0.2) is 18.7 Å². The molecule has 8 aromatic carbocycles. The molecule has 11 rings (SSSR count). The molecule has 0 N–H and O–H groups in total. The van der Waals surface area contributed by atoms with Gasteiger partial charge in [-0.3, -0.25) is 4.57 Å². The van der Waals surface area contributed by atoms with E-state index in [0.29, 0.717) is 0 Å². The number of aromatic nitrogens is 4. The van der Waals surface area contributed by atoms with Gasteiger partial charge < -0.3 is 9.13 Å². The number of hydrogen-bond acceptors (Lipinski definition) is 1. The molecule has 240 valence electrons. The zero-order valence-corrected chi connectivity index (χ0v) is 28.1. The van der Waals surface area contributed by atoms with E-state index < -0.39 is 0 Å². The summed E-state index contributed by atoms with van der Waals surface area (Å²) in [6.45, 7) is 3.14. The number of aryl methyl sites for hydroxylation is 1. The average Bonchev–Trinajstić information content (AvgIpc) is 3.87. The van der Waals surface area contributed by atoms with Crippen molar-refractivity contribution in [3.8, 4) is 22.8 Å². The number of rotatable bonds is 4. The summed E-state index contributed by atoms with van der Waals surface area (Å²) in [7, 11) is 0. The van der Waals surface area contributed by atoms with Crippen molar-refractivity contribution >= 4 is 76.2 Å². The SMILES string of the molecule is CCn1c2ccccc2c2ccc3c4ccccc4n(-c4ccc(-n5c(-c6ccccc6)nc6c7ccccc7c7ccccc7c65)cc4)c3c21. The zero-order valence-electron chi connectivity index (χ0n) is 28.1. The van der Waals surface area contributed by atoms with E-state index in [4.69, 9.17) is 4.98 Å². The Morgan fingerprint density at radius 3 is 1.57 bits per heavy atom. The molecule has 0 spiro atoms. The highest BCUT2D eigenvalue weighted by Gasteiger charge is 2.22. The standard InChI is InChI=1S/C47H32N4/c1-2-49-41-22-12-10-18-35(41)39-28-29-40-36-19-11-13-23-42(36)50(46(40)45(39)49)31-24-26-32(27-25-31)51-44-38-21-9-7-17-34(38)33-16-6-8-20-37(33)43(44)48-47(51)30-14-4-3-5-15-30/h3-29H,2H2,1H3. The molecule has 4 nitrogen and oxygen atoms in total. The molecule has 0 aliphatic heterocycles. The normalized spacial score (nSPS) is 12.1. The van der Waals surface area contributed by atoms with Gasteiger partial charge in [-0.05, 0) is 54.1 Å². The lowest BCUT2D eigenvalue weighted by Gasteiger charge is -2.15. The quantitative estimate of drug-likeness (QED) is 0.174. The Kier molecular flexibility index (Phi) is 5.90. The second-order valence-corrected chi connectivity index (χ2v) is 13.4. The molecule has 0 saturated carbocycles. The van der Waals surface area contributed by atoms with Gasteiger partial charge >= 0.3 is 0 Å². The summed E-state index contributed by atoms with van der Waals surface area (Å²) in [5.41, 5.74) is 10.4. The first-order chi connectivity index (χ1) is 25.3. The Balaban J connectivity index is 1.21. The summed E-state index contributed by atoms with van der Waals surface area (Å²) in [5.74, 6) is 0.936. The fourth-order valence-corrected chi connectivity index (χ4v) is 8.67. The lowest BCUT2D eigenvalue weighted by molar-refractivity contribution is 0.828. The van der Waals surface area contributed by atoms with Crippen LogP contribution in [0.2, 0.25) is 0 Å². The van der Waals surface area contributed by atoms with Crippen LogP contribution in [0.4, 0.5) is 0 Å². The van der Waals surface area contributed by atoms with Crippen LogP contribution in [0.25, 0.3) is 99.0 Å². The summed E-state index contributed by atoms with van der Waals surface area (Å²) < 4.78 is 7.31. The molecular formula is C47H32N4. The maximum atomic E-state index is 5.42. The average molecular weight is 653 g/mol.